The number of pyridine rings is 2. The number of carbonyl (C=O) groups is 2. The summed E-state index contributed by atoms with van der Waals surface area (Å²) in [7, 11) is 1.52. The third kappa shape index (κ3) is 4.42. The van der Waals surface area contributed by atoms with Crippen molar-refractivity contribution in [3.05, 3.63) is 52.4 Å². The Labute approximate surface area is 168 Å². The molecule has 1 aliphatic rings. The number of nitrogens with zero attached hydrogens (tertiary/aromatic N) is 3. The number of likely N-dealkylation sites (tertiary alicyclic amines) is 1. The van der Waals surface area contributed by atoms with E-state index in [2.05, 4.69) is 9.97 Å². The molecule has 3 rings (SSSR count). The summed E-state index contributed by atoms with van der Waals surface area (Å²) in [5.74, 6) is -0.0124. The smallest absolute Gasteiger partial charge is 0.340 e. The molecular weight excluding hydrogens is 382 g/mol. The van der Waals surface area contributed by atoms with Crippen molar-refractivity contribution in [3.8, 4) is 5.88 Å². The van der Waals surface area contributed by atoms with Gasteiger partial charge in [0, 0.05) is 43.0 Å². The van der Waals surface area contributed by atoms with Crippen molar-refractivity contribution < 1.29 is 19.1 Å². The van der Waals surface area contributed by atoms with Crippen LogP contribution in [0.4, 0.5) is 0 Å². The molecule has 1 amide bonds. The number of esters is 1. The van der Waals surface area contributed by atoms with Crippen molar-refractivity contribution in [3.63, 3.8) is 0 Å². The highest BCUT2D eigenvalue weighted by molar-refractivity contribution is 6.30. The van der Waals surface area contributed by atoms with E-state index >= 15 is 0 Å². The minimum atomic E-state index is -0.421. The lowest BCUT2D eigenvalue weighted by Crippen LogP contribution is -2.38. The van der Waals surface area contributed by atoms with Gasteiger partial charge in [-0.1, -0.05) is 11.6 Å². The Morgan fingerprint density at radius 3 is 2.68 bits per heavy atom. The van der Waals surface area contributed by atoms with Gasteiger partial charge in [-0.05, 0) is 31.9 Å². The molecule has 7 nitrogen and oxygen atoms in total. The Morgan fingerprint density at radius 1 is 1.25 bits per heavy atom. The maximum Gasteiger partial charge on any atom is 0.340 e. The highest BCUT2D eigenvalue weighted by Crippen LogP contribution is 2.31. The van der Waals surface area contributed by atoms with Gasteiger partial charge < -0.3 is 14.4 Å². The predicted octanol–water partition coefficient (Wildman–Crippen LogP) is 3.34. The fraction of sp³-hybridized carbons (Fsp3) is 0.400. The van der Waals surface area contributed by atoms with Crippen molar-refractivity contribution in [2.75, 3.05) is 26.8 Å². The molecule has 0 aromatic carbocycles. The normalized spacial score (nSPS) is 14.6. The van der Waals surface area contributed by atoms with Gasteiger partial charge in [0.05, 0.1) is 30.0 Å². The zero-order valence-corrected chi connectivity index (χ0v) is 16.6. The molecule has 0 N–H and O–H groups in total. The molecule has 148 valence electrons. The Hall–Kier alpha value is -2.67. The van der Waals surface area contributed by atoms with Gasteiger partial charge >= 0.3 is 5.97 Å². The quantitative estimate of drug-likeness (QED) is 0.712. The average Bonchev–Trinajstić information content (AvgIpc) is 2.73. The Balaban J connectivity index is 1.72. The third-order valence-electron chi connectivity index (χ3n) is 4.74. The van der Waals surface area contributed by atoms with E-state index in [1.807, 2.05) is 0 Å². The van der Waals surface area contributed by atoms with E-state index in [9.17, 15) is 9.59 Å². The van der Waals surface area contributed by atoms with Crippen LogP contribution >= 0.6 is 11.6 Å². The molecule has 1 saturated heterocycles. The molecule has 0 atom stereocenters. The van der Waals surface area contributed by atoms with Crippen LogP contribution in [-0.4, -0.2) is 53.6 Å². The van der Waals surface area contributed by atoms with Gasteiger partial charge in [0.1, 0.15) is 0 Å². The summed E-state index contributed by atoms with van der Waals surface area (Å²) in [4.78, 5) is 35.2. The number of rotatable bonds is 5. The number of ether oxygens (including phenoxy) is 2. The molecule has 2 aromatic heterocycles. The Bertz CT molecular complexity index is 866. The van der Waals surface area contributed by atoms with Crippen molar-refractivity contribution in [1.82, 2.24) is 14.9 Å². The zero-order valence-electron chi connectivity index (χ0n) is 15.9. The number of hydrogen-bond donors (Lipinski definition) is 0. The lowest BCUT2D eigenvalue weighted by Gasteiger charge is -2.32. The molecule has 28 heavy (non-hydrogen) atoms. The second-order valence-electron chi connectivity index (χ2n) is 6.46. The molecule has 3 heterocycles. The van der Waals surface area contributed by atoms with Crippen LogP contribution in [0, 0.1) is 0 Å². The summed E-state index contributed by atoms with van der Waals surface area (Å²) < 4.78 is 10.2. The average molecular weight is 404 g/mol. The number of hydrogen-bond acceptors (Lipinski definition) is 6. The summed E-state index contributed by atoms with van der Waals surface area (Å²) in [5.41, 5.74) is 1.63. The van der Waals surface area contributed by atoms with Crippen molar-refractivity contribution in [2.24, 2.45) is 0 Å². The fourth-order valence-corrected chi connectivity index (χ4v) is 3.50. The first kappa shape index (κ1) is 20.1. The SMILES string of the molecule is CCOC(=O)c1cc(Cl)cnc1C1CCN(C(=O)c2ccnc(OC)c2)CC1. The van der Waals surface area contributed by atoms with Crippen LogP contribution < -0.4 is 4.74 Å². The first-order valence-electron chi connectivity index (χ1n) is 9.15. The highest BCUT2D eigenvalue weighted by atomic mass is 35.5. The highest BCUT2D eigenvalue weighted by Gasteiger charge is 2.29. The van der Waals surface area contributed by atoms with Crippen LogP contribution in [0.2, 0.25) is 5.02 Å². The molecule has 0 saturated carbocycles. The topological polar surface area (TPSA) is 81.6 Å². The van der Waals surface area contributed by atoms with Crippen molar-refractivity contribution >= 4 is 23.5 Å². The number of aromatic nitrogens is 2. The molecule has 2 aromatic rings. The van der Waals surface area contributed by atoms with E-state index in [0.29, 0.717) is 53.7 Å². The van der Waals surface area contributed by atoms with Gasteiger partial charge in [-0.15, -0.1) is 0 Å². The van der Waals surface area contributed by atoms with Crippen LogP contribution in [0.3, 0.4) is 0 Å². The molecule has 8 heteroatoms. The van der Waals surface area contributed by atoms with Crippen molar-refractivity contribution in [1.29, 1.82) is 0 Å². The van der Waals surface area contributed by atoms with Gasteiger partial charge in [-0.3, -0.25) is 9.78 Å². The molecule has 1 fully saturated rings. The summed E-state index contributed by atoms with van der Waals surface area (Å²) in [5, 5.41) is 0.394. The summed E-state index contributed by atoms with van der Waals surface area (Å²) in [6.45, 7) is 3.18. The lowest BCUT2D eigenvalue weighted by molar-refractivity contribution is 0.0521. The second kappa shape index (κ2) is 9.01. The zero-order chi connectivity index (χ0) is 20.1. The van der Waals surface area contributed by atoms with Crippen LogP contribution in [0.25, 0.3) is 0 Å². The van der Waals surface area contributed by atoms with Crippen molar-refractivity contribution in [2.45, 2.75) is 25.7 Å². The molecule has 0 spiro atoms. The standard InChI is InChI=1S/C20H22ClN3O4/c1-3-28-20(26)16-11-15(21)12-23-18(16)13-5-8-24(9-6-13)19(25)14-4-7-22-17(10-14)27-2/h4,7,10-13H,3,5-6,8-9H2,1-2H3. The molecule has 0 bridgehead atoms. The predicted molar refractivity (Wildman–Crippen MR) is 104 cm³/mol. The molecule has 1 aliphatic heterocycles. The number of amides is 1. The van der Waals surface area contributed by atoms with E-state index in [1.165, 1.54) is 7.11 Å². The first-order valence-corrected chi connectivity index (χ1v) is 9.53. The molecular formula is C20H22ClN3O4. The lowest BCUT2D eigenvalue weighted by atomic mass is 9.90. The largest absolute Gasteiger partial charge is 0.481 e. The maximum atomic E-state index is 12.8. The third-order valence-corrected chi connectivity index (χ3v) is 4.95. The Morgan fingerprint density at radius 2 is 2.00 bits per heavy atom. The van der Waals surface area contributed by atoms with E-state index in [1.54, 1.807) is 42.4 Å². The number of methoxy groups -OCH3 is 1. The fourth-order valence-electron chi connectivity index (χ4n) is 3.34. The molecule has 0 unspecified atom stereocenters. The maximum absolute atomic E-state index is 12.8. The number of piperidine rings is 1. The molecule has 0 aliphatic carbocycles. The summed E-state index contributed by atoms with van der Waals surface area (Å²) in [6.07, 6.45) is 4.51. The summed E-state index contributed by atoms with van der Waals surface area (Å²) in [6, 6.07) is 4.91. The van der Waals surface area contributed by atoms with E-state index in [0.717, 1.165) is 0 Å². The first-order chi connectivity index (χ1) is 13.5. The van der Waals surface area contributed by atoms with Gasteiger partial charge in [-0.25, -0.2) is 9.78 Å². The number of halogens is 1. The van der Waals surface area contributed by atoms with Gasteiger partial charge in [-0.2, -0.15) is 0 Å². The van der Waals surface area contributed by atoms with Gasteiger partial charge in [0.25, 0.3) is 5.91 Å². The van der Waals surface area contributed by atoms with Crippen LogP contribution in [0.1, 0.15) is 52.1 Å². The minimum absolute atomic E-state index is 0.0613. The number of carbonyl (C=O) groups excluding carboxylic acids is 2. The van der Waals surface area contributed by atoms with Crippen LogP contribution in [-0.2, 0) is 4.74 Å². The Kier molecular flexibility index (Phi) is 6.46. The van der Waals surface area contributed by atoms with E-state index < -0.39 is 5.97 Å². The molecule has 0 radical (unpaired) electrons. The monoisotopic (exact) mass is 403 g/mol. The minimum Gasteiger partial charge on any atom is -0.481 e. The van der Waals surface area contributed by atoms with E-state index in [-0.39, 0.29) is 18.4 Å². The van der Waals surface area contributed by atoms with Crippen LogP contribution in [0.5, 0.6) is 5.88 Å². The van der Waals surface area contributed by atoms with E-state index in [4.69, 9.17) is 21.1 Å². The second-order valence-corrected chi connectivity index (χ2v) is 6.90. The van der Waals surface area contributed by atoms with Crippen LogP contribution in [0.15, 0.2) is 30.6 Å². The summed E-state index contributed by atoms with van der Waals surface area (Å²) >= 11 is 6.02. The van der Waals surface area contributed by atoms with Gasteiger partial charge in [0.15, 0.2) is 0 Å². The van der Waals surface area contributed by atoms with Gasteiger partial charge in [0.2, 0.25) is 5.88 Å².